The van der Waals surface area contributed by atoms with Crippen LogP contribution in [0.3, 0.4) is 0 Å². The maximum absolute atomic E-state index is 11.6. The Bertz CT molecular complexity index is 951. The van der Waals surface area contributed by atoms with E-state index in [1.165, 1.54) is 6.07 Å². The van der Waals surface area contributed by atoms with Gasteiger partial charge in [-0.15, -0.1) is 0 Å². The van der Waals surface area contributed by atoms with Crippen LogP contribution in [0.5, 0.6) is 0 Å². The van der Waals surface area contributed by atoms with Crippen LogP contribution < -0.4 is 10.5 Å². The molecule has 1 aliphatic rings. The number of nitrogens with zero attached hydrogens (tertiary/aromatic N) is 2. The highest BCUT2D eigenvalue weighted by molar-refractivity contribution is 7.87. The second kappa shape index (κ2) is 9.03. The average Bonchev–Trinajstić information content (AvgIpc) is 3.15. The third-order valence-corrected chi connectivity index (χ3v) is 5.59. The fourth-order valence-electron chi connectivity index (χ4n) is 3.22. The van der Waals surface area contributed by atoms with Crippen molar-refractivity contribution in [2.75, 3.05) is 39.4 Å². The number of nitrogens with one attached hydrogen (secondary N) is 1. The predicted octanol–water partition coefficient (Wildman–Crippen LogP) is -0.182. The fourth-order valence-corrected chi connectivity index (χ4v) is 3.88. The Kier molecular flexibility index (Phi) is 6.67. The number of rotatable bonds is 8. The monoisotopic (exact) mass is 424 g/mol. The van der Waals surface area contributed by atoms with Crippen molar-refractivity contribution in [3.8, 4) is 11.1 Å². The van der Waals surface area contributed by atoms with Gasteiger partial charge in [0.25, 0.3) is 0 Å². The molecule has 29 heavy (non-hydrogen) atoms. The molecule has 0 amide bonds. The number of carboxylic acids is 1. The molecule has 1 fully saturated rings. The highest BCUT2D eigenvalue weighted by Gasteiger charge is 2.23. The standard InChI is InChI=1S/C18H24N4O6S/c19-29(26,27)22-7-5-15(16(22)18(24)25)13-1-3-14(4-2-13)17(23)20-6-8-21-9-11-28-12-10-21/h1-5,7,17,20,23H,6,8-12H2,(H,24,25)(H2,19,26,27). The lowest BCUT2D eigenvalue weighted by Crippen LogP contribution is -2.40. The summed E-state index contributed by atoms with van der Waals surface area (Å²) in [6.45, 7) is 4.57. The number of aromatic nitrogens is 1. The zero-order valence-corrected chi connectivity index (χ0v) is 16.5. The van der Waals surface area contributed by atoms with Crippen LogP contribution in [0.15, 0.2) is 36.5 Å². The van der Waals surface area contributed by atoms with E-state index in [0.29, 0.717) is 21.6 Å². The van der Waals surface area contributed by atoms with Crippen LogP contribution in [0.4, 0.5) is 0 Å². The van der Waals surface area contributed by atoms with Crippen molar-refractivity contribution in [2.24, 2.45) is 5.14 Å². The van der Waals surface area contributed by atoms with Gasteiger partial charge in [-0.25, -0.2) is 13.9 Å². The summed E-state index contributed by atoms with van der Waals surface area (Å²) >= 11 is 0. The van der Waals surface area contributed by atoms with Crippen molar-refractivity contribution in [3.05, 3.63) is 47.8 Å². The second-order valence-corrected chi connectivity index (χ2v) is 8.08. The number of aliphatic hydroxyl groups is 1. The Morgan fingerprint density at radius 3 is 2.45 bits per heavy atom. The maximum atomic E-state index is 11.6. The van der Waals surface area contributed by atoms with E-state index in [1.807, 2.05) is 0 Å². The van der Waals surface area contributed by atoms with Crippen molar-refractivity contribution in [2.45, 2.75) is 6.23 Å². The number of carbonyl (C=O) groups is 1. The summed E-state index contributed by atoms with van der Waals surface area (Å²) in [5, 5.41) is 27.8. The molecular formula is C18H24N4O6S. The summed E-state index contributed by atoms with van der Waals surface area (Å²) in [6.07, 6.45) is 0.224. The lowest BCUT2D eigenvalue weighted by molar-refractivity contribution is 0.0356. The van der Waals surface area contributed by atoms with E-state index >= 15 is 0 Å². The normalized spacial score (nSPS) is 16.6. The van der Waals surface area contributed by atoms with Gasteiger partial charge in [-0.2, -0.15) is 8.42 Å². The lowest BCUT2D eigenvalue weighted by atomic mass is 10.0. The van der Waals surface area contributed by atoms with Crippen molar-refractivity contribution < 1.29 is 28.2 Å². The summed E-state index contributed by atoms with van der Waals surface area (Å²) < 4.78 is 29.0. The van der Waals surface area contributed by atoms with E-state index in [4.69, 9.17) is 9.88 Å². The quantitative estimate of drug-likeness (QED) is 0.427. The topological polar surface area (TPSA) is 147 Å². The number of nitrogens with two attached hydrogens (primary N) is 1. The van der Waals surface area contributed by atoms with Crippen molar-refractivity contribution in [3.63, 3.8) is 0 Å². The number of morpholine rings is 1. The van der Waals surface area contributed by atoms with Gasteiger partial charge in [-0.1, -0.05) is 24.3 Å². The van der Waals surface area contributed by atoms with E-state index in [1.54, 1.807) is 24.3 Å². The first kappa shape index (κ1) is 21.4. The molecule has 0 spiro atoms. The molecule has 1 aliphatic heterocycles. The molecule has 5 N–H and O–H groups in total. The molecule has 10 nitrogen and oxygen atoms in total. The first-order valence-corrected chi connectivity index (χ1v) is 10.6. The van der Waals surface area contributed by atoms with E-state index in [0.717, 1.165) is 39.0 Å². The minimum Gasteiger partial charge on any atom is -0.477 e. The van der Waals surface area contributed by atoms with Gasteiger partial charge >= 0.3 is 16.2 Å². The van der Waals surface area contributed by atoms with Crippen molar-refractivity contribution >= 4 is 16.2 Å². The first-order chi connectivity index (χ1) is 13.8. The number of carboxylic acid groups (broad SMARTS) is 1. The Hall–Kier alpha value is -2.28. The highest BCUT2D eigenvalue weighted by Crippen LogP contribution is 2.27. The summed E-state index contributed by atoms with van der Waals surface area (Å²) in [6, 6.07) is 7.93. The summed E-state index contributed by atoms with van der Waals surface area (Å²) in [5.41, 5.74) is 0.879. The minimum atomic E-state index is -4.23. The molecule has 1 unspecified atom stereocenters. The van der Waals surface area contributed by atoms with Crippen LogP contribution >= 0.6 is 0 Å². The number of benzene rings is 1. The number of aromatic carboxylic acids is 1. The zero-order chi connectivity index (χ0) is 21.0. The van der Waals surface area contributed by atoms with Crippen LogP contribution in [0, 0.1) is 0 Å². The molecular weight excluding hydrogens is 400 g/mol. The van der Waals surface area contributed by atoms with Gasteiger partial charge in [0, 0.05) is 37.9 Å². The Balaban J connectivity index is 1.68. The van der Waals surface area contributed by atoms with Crippen LogP contribution in [-0.2, 0) is 14.9 Å². The molecule has 0 radical (unpaired) electrons. The molecule has 158 valence electrons. The van der Waals surface area contributed by atoms with Crippen molar-refractivity contribution in [1.82, 2.24) is 14.2 Å². The third kappa shape index (κ3) is 5.21. The van der Waals surface area contributed by atoms with Gasteiger partial charge in [0.2, 0.25) is 0 Å². The number of hydrogen-bond acceptors (Lipinski definition) is 7. The third-order valence-electron chi connectivity index (χ3n) is 4.74. The SMILES string of the molecule is NS(=O)(=O)n1ccc(-c2ccc(C(O)NCCN3CCOCC3)cc2)c1C(=O)O. The first-order valence-electron chi connectivity index (χ1n) is 9.07. The Morgan fingerprint density at radius 2 is 1.86 bits per heavy atom. The largest absolute Gasteiger partial charge is 0.477 e. The molecule has 0 aliphatic carbocycles. The van der Waals surface area contributed by atoms with E-state index in [9.17, 15) is 23.4 Å². The van der Waals surface area contributed by atoms with Gasteiger partial charge in [-0.05, 0) is 17.2 Å². The summed E-state index contributed by atoms with van der Waals surface area (Å²) in [4.78, 5) is 13.8. The Morgan fingerprint density at radius 1 is 1.21 bits per heavy atom. The fraction of sp³-hybridized carbons (Fsp3) is 0.389. The zero-order valence-electron chi connectivity index (χ0n) is 15.7. The molecule has 0 saturated carbocycles. The van der Waals surface area contributed by atoms with Gasteiger partial charge in [0.05, 0.1) is 13.2 Å². The minimum absolute atomic E-state index is 0.216. The van der Waals surface area contributed by atoms with Crippen molar-refractivity contribution in [1.29, 1.82) is 0 Å². The van der Waals surface area contributed by atoms with E-state index < -0.39 is 28.1 Å². The summed E-state index contributed by atoms with van der Waals surface area (Å²) in [5.74, 6) is -1.41. The average molecular weight is 424 g/mol. The molecule has 2 aromatic rings. The van der Waals surface area contributed by atoms with Crippen LogP contribution in [0.1, 0.15) is 22.3 Å². The molecule has 11 heteroatoms. The lowest BCUT2D eigenvalue weighted by Gasteiger charge is -2.27. The van der Waals surface area contributed by atoms with E-state index in [2.05, 4.69) is 10.2 Å². The maximum Gasteiger partial charge on any atom is 0.354 e. The molecule has 1 aromatic heterocycles. The smallest absolute Gasteiger partial charge is 0.354 e. The number of ether oxygens (including phenoxy) is 1. The predicted molar refractivity (Wildman–Crippen MR) is 106 cm³/mol. The van der Waals surface area contributed by atoms with Crippen LogP contribution in [0.2, 0.25) is 0 Å². The molecule has 1 saturated heterocycles. The number of hydrogen-bond donors (Lipinski definition) is 4. The molecule has 1 atom stereocenters. The molecule has 1 aromatic carbocycles. The molecule has 2 heterocycles. The van der Waals surface area contributed by atoms with Crippen LogP contribution in [-0.4, -0.2) is 72.9 Å². The number of aliphatic hydroxyl groups excluding tert-OH is 1. The van der Waals surface area contributed by atoms with Gasteiger partial charge in [-0.3, -0.25) is 10.2 Å². The van der Waals surface area contributed by atoms with Gasteiger partial charge < -0.3 is 14.9 Å². The summed E-state index contributed by atoms with van der Waals surface area (Å²) in [7, 11) is -4.23. The molecule has 0 bridgehead atoms. The molecule has 3 rings (SSSR count). The van der Waals surface area contributed by atoms with E-state index in [-0.39, 0.29) is 5.56 Å². The van der Waals surface area contributed by atoms with Gasteiger partial charge in [0.15, 0.2) is 5.69 Å². The van der Waals surface area contributed by atoms with Gasteiger partial charge in [0.1, 0.15) is 6.23 Å². The highest BCUT2D eigenvalue weighted by atomic mass is 32.2. The second-order valence-electron chi connectivity index (χ2n) is 6.66. The Labute approximate surface area is 168 Å². The van der Waals surface area contributed by atoms with Crippen LogP contribution in [0.25, 0.3) is 11.1 Å².